The maximum Gasteiger partial charge on any atom is 0.230 e. The van der Waals surface area contributed by atoms with Crippen LogP contribution < -0.4 is 10.2 Å². The third kappa shape index (κ3) is 4.35. The van der Waals surface area contributed by atoms with E-state index in [1.807, 2.05) is 32.8 Å². The molecule has 0 aliphatic heterocycles. The number of aromatic nitrogens is 3. The fourth-order valence-electron chi connectivity index (χ4n) is 1.05. The Morgan fingerprint density at radius 1 is 1.35 bits per heavy atom. The first-order valence-corrected chi connectivity index (χ1v) is 6.39. The lowest BCUT2D eigenvalue weighted by atomic mass is 10.5. The molecule has 0 radical (unpaired) electrons. The minimum atomic E-state index is 0.0712. The first kappa shape index (κ1) is 14.0. The summed E-state index contributed by atoms with van der Waals surface area (Å²) < 4.78 is 0. The van der Waals surface area contributed by atoms with Crippen molar-refractivity contribution in [2.45, 2.75) is 24.3 Å². The summed E-state index contributed by atoms with van der Waals surface area (Å²) in [7, 11) is 3.77. The topological polar surface area (TPSA) is 74.2 Å². The minimum absolute atomic E-state index is 0.0712. The standard InChI is InChI=1S/C10H19N5OS/c1-5-11-8-12-9(15(3)4)14-10(13-8)17-7(2)6-16/h7,16H,5-6H2,1-4H3,(H,11,12,13,14). The Balaban J connectivity index is 2.94. The molecule has 0 fully saturated rings. The lowest BCUT2D eigenvalue weighted by molar-refractivity contribution is 0.300. The molecule has 0 saturated carbocycles. The molecular weight excluding hydrogens is 238 g/mol. The summed E-state index contributed by atoms with van der Waals surface area (Å²) in [5.74, 6) is 1.18. The van der Waals surface area contributed by atoms with E-state index in [1.165, 1.54) is 11.8 Å². The Kier molecular flexibility index (Phi) is 5.43. The van der Waals surface area contributed by atoms with E-state index in [1.54, 1.807) is 0 Å². The van der Waals surface area contributed by atoms with Crippen LogP contribution in [-0.2, 0) is 0 Å². The second-order valence-electron chi connectivity index (χ2n) is 3.78. The van der Waals surface area contributed by atoms with Crippen LogP contribution in [0.25, 0.3) is 0 Å². The van der Waals surface area contributed by atoms with Gasteiger partial charge in [-0.1, -0.05) is 18.7 Å². The lowest BCUT2D eigenvalue weighted by Gasteiger charge is -2.13. The van der Waals surface area contributed by atoms with Crippen molar-refractivity contribution in [3.05, 3.63) is 0 Å². The first-order chi connectivity index (χ1) is 8.06. The molecule has 1 atom stereocenters. The van der Waals surface area contributed by atoms with E-state index in [-0.39, 0.29) is 11.9 Å². The number of anilines is 2. The molecule has 0 aliphatic carbocycles. The Labute approximate surface area is 106 Å². The van der Waals surface area contributed by atoms with E-state index >= 15 is 0 Å². The van der Waals surface area contributed by atoms with Crippen LogP contribution in [0.5, 0.6) is 0 Å². The predicted octanol–water partition coefficient (Wildman–Crippen LogP) is 0.842. The van der Waals surface area contributed by atoms with Crippen LogP contribution in [0.15, 0.2) is 5.16 Å². The van der Waals surface area contributed by atoms with Crippen molar-refractivity contribution in [2.75, 3.05) is 37.5 Å². The van der Waals surface area contributed by atoms with E-state index in [2.05, 4.69) is 20.3 Å². The molecule has 6 nitrogen and oxygen atoms in total. The maximum atomic E-state index is 9.03. The summed E-state index contributed by atoms with van der Waals surface area (Å²) in [6.07, 6.45) is 0. The van der Waals surface area contributed by atoms with Crippen molar-refractivity contribution in [1.29, 1.82) is 0 Å². The highest BCUT2D eigenvalue weighted by molar-refractivity contribution is 7.99. The number of rotatable bonds is 6. The number of hydrogen-bond donors (Lipinski definition) is 2. The number of thioether (sulfide) groups is 1. The van der Waals surface area contributed by atoms with Crippen LogP contribution in [-0.4, -0.2) is 52.6 Å². The summed E-state index contributed by atoms with van der Waals surface area (Å²) >= 11 is 1.44. The van der Waals surface area contributed by atoms with Crippen molar-refractivity contribution in [1.82, 2.24) is 15.0 Å². The maximum absolute atomic E-state index is 9.03. The average molecular weight is 257 g/mol. The van der Waals surface area contributed by atoms with Crippen molar-refractivity contribution in [3.63, 3.8) is 0 Å². The smallest absolute Gasteiger partial charge is 0.230 e. The quantitative estimate of drug-likeness (QED) is 0.731. The van der Waals surface area contributed by atoms with Gasteiger partial charge in [-0.25, -0.2) is 0 Å². The monoisotopic (exact) mass is 257 g/mol. The number of nitrogens with zero attached hydrogens (tertiary/aromatic N) is 4. The second kappa shape index (κ2) is 6.61. The molecule has 96 valence electrons. The average Bonchev–Trinajstić information content (AvgIpc) is 2.29. The summed E-state index contributed by atoms with van der Waals surface area (Å²) in [5, 5.41) is 12.8. The highest BCUT2D eigenvalue weighted by Crippen LogP contribution is 2.21. The van der Waals surface area contributed by atoms with Gasteiger partial charge < -0.3 is 15.3 Å². The van der Waals surface area contributed by atoms with Crippen molar-refractivity contribution < 1.29 is 5.11 Å². The van der Waals surface area contributed by atoms with Crippen LogP contribution in [0.3, 0.4) is 0 Å². The van der Waals surface area contributed by atoms with Gasteiger partial charge >= 0.3 is 0 Å². The van der Waals surface area contributed by atoms with Crippen LogP contribution in [0.1, 0.15) is 13.8 Å². The minimum Gasteiger partial charge on any atom is -0.395 e. The molecule has 7 heteroatoms. The molecule has 1 aromatic rings. The van der Waals surface area contributed by atoms with E-state index in [4.69, 9.17) is 5.11 Å². The van der Waals surface area contributed by atoms with E-state index < -0.39 is 0 Å². The fraction of sp³-hybridized carbons (Fsp3) is 0.700. The normalized spacial score (nSPS) is 12.3. The number of aliphatic hydroxyl groups excluding tert-OH is 1. The Bertz CT molecular complexity index is 361. The molecule has 0 spiro atoms. The zero-order valence-corrected chi connectivity index (χ0v) is 11.5. The summed E-state index contributed by atoms with van der Waals surface area (Å²) in [6, 6.07) is 0. The van der Waals surface area contributed by atoms with E-state index in [0.29, 0.717) is 17.1 Å². The number of aliphatic hydroxyl groups is 1. The molecule has 0 bridgehead atoms. The van der Waals surface area contributed by atoms with Crippen LogP contribution >= 0.6 is 11.8 Å². The van der Waals surface area contributed by atoms with Crippen molar-refractivity contribution in [2.24, 2.45) is 0 Å². The Morgan fingerprint density at radius 3 is 2.59 bits per heavy atom. The first-order valence-electron chi connectivity index (χ1n) is 5.51. The summed E-state index contributed by atoms with van der Waals surface area (Å²) in [4.78, 5) is 14.7. The van der Waals surface area contributed by atoms with E-state index in [9.17, 15) is 0 Å². The predicted molar refractivity (Wildman–Crippen MR) is 70.7 cm³/mol. The van der Waals surface area contributed by atoms with Gasteiger partial charge in [-0.3, -0.25) is 0 Å². The van der Waals surface area contributed by atoms with Gasteiger partial charge in [-0.15, -0.1) is 0 Å². The van der Waals surface area contributed by atoms with Gasteiger partial charge in [0.05, 0.1) is 6.61 Å². The molecule has 2 N–H and O–H groups in total. The molecule has 1 unspecified atom stereocenters. The molecule has 1 heterocycles. The SMILES string of the molecule is CCNc1nc(SC(C)CO)nc(N(C)C)n1. The highest BCUT2D eigenvalue weighted by atomic mass is 32.2. The molecule has 0 aliphatic rings. The Morgan fingerprint density at radius 2 is 2.06 bits per heavy atom. The zero-order chi connectivity index (χ0) is 12.8. The third-order valence-corrected chi connectivity index (χ3v) is 2.85. The van der Waals surface area contributed by atoms with Crippen molar-refractivity contribution in [3.8, 4) is 0 Å². The molecule has 0 amide bonds. The van der Waals surface area contributed by atoms with Gasteiger partial charge in [0.2, 0.25) is 11.9 Å². The number of nitrogens with one attached hydrogen (secondary N) is 1. The van der Waals surface area contributed by atoms with Gasteiger partial charge in [-0.2, -0.15) is 15.0 Å². The van der Waals surface area contributed by atoms with Crippen LogP contribution in [0.2, 0.25) is 0 Å². The Hall–Kier alpha value is -1.08. The molecule has 1 aromatic heterocycles. The molecule has 0 aromatic carbocycles. The summed E-state index contributed by atoms with van der Waals surface area (Å²) in [5.41, 5.74) is 0. The van der Waals surface area contributed by atoms with Gasteiger partial charge in [0, 0.05) is 25.9 Å². The van der Waals surface area contributed by atoms with Crippen LogP contribution in [0, 0.1) is 0 Å². The lowest BCUT2D eigenvalue weighted by Crippen LogP contribution is -2.16. The van der Waals surface area contributed by atoms with Gasteiger partial charge in [-0.05, 0) is 6.92 Å². The van der Waals surface area contributed by atoms with Gasteiger partial charge in [0.15, 0.2) is 5.16 Å². The van der Waals surface area contributed by atoms with Crippen molar-refractivity contribution >= 4 is 23.7 Å². The largest absolute Gasteiger partial charge is 0.395 e. The fourth-order valence-corrected chi connectivity index (χ4v) is 1.76. The molecule has 17 heavy (non-hydrogen) atoms. The van der Waals surface area contributed by atoms with Gasteiger partial charge in [0.25, 0.3) is 0 Å². The second-order valence-corrected chi connectivity index (χ2v) is 5.18. The molecule has 1 rings (SSSR count). The molecular formula is C10H19N5OS. The number of hydrogen-bond acceptors (Lipinski definition) is 7. The van der Waals surface area contributed by atoms with Crippen LogP contribution in [0.4, 0.5) is 11.9 Å². The third-order valence-electron chi connectivity index (χ3n) is 1.90. The summed E-state index contributed by atoms with van der Waals surface area (Å²) in [6.45, 7) is 4.78. The zero-order valence-electron chi connectivity index (χ0n) is 10.6. The van der Waals surface area contributed by atoms with Gasteiger partial charge in [0.1, 0.15) is 0 Å². The molecule has 0 saturated heterocycles. The van der Waals surface area contributed by atoms with E-state index in [0.717, 1.165) is 6.54 Å². The highest BCUT2D eigenvalue weighted by Gasteiger charge is 2.11.